The van der Waals surface area contributed by atoms with Gasteiger partial charge in [0.05, 0.1) is 16.7 Å². The third-order valence-electron chi connectivity index (χ3n) is 3.06. The lowest BCUT2D eigenvalue weighted by Crippen LogP contribution is -1.93. The van der Waals surface area contributed by atoms with Gasteiger partial charge in [-0.3, -0.25) is 0 Å². The van der Waals surface area contributed by atoms with Gasteiger partial charge in [-0.15, -0.1) is 0 Å². The van der Waals surface area contributed by atoms with E-state index in [4.69, 9.17) is 15.3 Å². The fourth-order valence-corrected chi connectivity index (χ4v) is 1.74. The first kappa shape index (κ1) is 24.0. The Morgan fingerprint density at radius 3 is 0.714 bits per heavy atom. The average molecular weight is 383 g/mol. The lowest BCUT2D eigenvalue weighted by molar-refractivity contribution is 0.0686. The summed E-state index contributed by atoms with van der Waals surface area (Å²) in [5.74, 6) is -2.64. The molecule has 7 heteroatoms. The largest absolute Gasteiger partial charge is 0.478 e. The molecule has 3 rings (SSSR count). The van der Waals surface area contributed by atoms with Crippen LogP contribution in [0.15, 0.2) is 91.0 Å². The van der Waals surface area contributed by atoms with Crippen molar-refractivity contribution in [3.05, 3.63) is 108 Å². The number of carboxylic acid groups (broad SMARTS) is 3. The van der Waals surface area contributed by atoms with Gasteiger partial charge in [0.15, 0.2) is 0 Å². The van der Waals surface area contributed by atoms with Crippen LogP contribution in [0.4, 0.5) is 0 Å². The Kier molecular flexibility index (Phi) is 11.4. The van der Waals surface area contributed by atoms with Gasteiger partial charge in [-0.2, -0.15) is 0 Å². The van der Waals surface area contributed by atoms with E-state index in [0.717, 1.165) is 0 Å². The zero-order valence-corrected chi connectivity index (χ0v) is 14.9. The van der Waals surface area contributed by atoms with Crippen molar-refractivity contribution < 1.29 is 29.7 Å². The van der Waals surface area contributed by atoms with Crippen molar-refractivity contribution in [3.8, 4) is 0 Å². The summed E-state index contributed by atoms with van der Waals surface area (Å²) in [5, 5.41) is 25.2. The van der Waals surface area contributed by atoms with Crippen LogP contribution in [0.5, 0.6) is 0 Å². The average Bonchev–Trinajstić information content (AvgIpc) is 2.71. The first-order valence-corrected chi connectivity index (χ1v) is 7.77. The van der Waals surface area contributed by atoms with Crippen LogP contribution in [0.2, 0.25) is 0 Å². The zero-order valence-electron chi connectivity index (χ0n) is 14.9. The van der Waals surface area contributed by atoms with Crippen molar-refractivity contribution in [2.24, 2.45) is 0 Å². The molecular weight excluding hydrogens is 362 g/mol. The Morgan fingerprint density at radius 2 is 0.607 bits per heavy atom. The molecule has 0 atom stereocenters. The fraction of sp³-hybridized carbons (Fsp3) is 0. The molecule has 28 heavy (non-hydrogen) atoms. The molecule has 7 nitrogen and oxygen atoms in total. The molecule has 0 bridgehead atoms. The molecule has 0 radical (unpaired) electrons. The van der Waals surface area contributed by atoms with Crippen LogP contribution in [0.3, 0.4) is 0 Å². The summed E-state index contributed by atoms with van der Waals surface area (Å²) in [6.45, 7) is 0. The predicted octanol–water partition coefficient (Wildman–Crippen LogP) is 4.32. The quantitative estimate of drug-likeness (QED) is 0.526. The van der Waals surface area contributed by atoms with Gasteiger partial charge in [-0.1, -0.05) is 54.6 Å². The molecule has 0 heterocycles. The molecule has 6 N–H and O–H groups in total. The minimum atomic E-state index is -0.879. The van der Waals surface area contributed by atoms with Crippen LogP contribution in [-0.2, 0) is 0 Å². The molecule has 0 saturated heterocycles. The standard InChI is InChI=1S/3C7H6O2.H3N/c3*8-7(9)6-4-2-1-3-5-6;/h3*1-5H,(H,8,9);1H3. The topological polar surface area (TPSA) is 147 Å². The van der Waals surface area contributed by atoms with E-state index in [1.54, 1.807) is 91.0 Å². The molecule has 0 saturated carbocycles. The van der Waals surface area contributed by atoms with E-state index in [2.05, 4.69) is 0 Å². The minimum Gasteiger partial charge on any atom is -0.478 e. The first-order chi connectivity index (χ1) is 12.9. The highest BCUT2D eigenvalue weighted by molar-refractivity contribution is 5.88. The molecule has 0 spiro atoms. The highest BCUT2D eigenvalue weighted by Crippen LogP contribution is 1.97. The molecule has 0 aliphatic rings. The van der Waals surface area contributed by atoms with Gasteiger partial charge in [0.2, 0.25) is 0 Å². The molecule has 0 unspecified atom stereocenters. The smallest absolute Gasteiger partial charge is 0.335 e. The van der Waals surface area contributed by atoms with Crippen molar-refractivity contribution in [1.82, 2.24) is 6.15 Å². The monoisotopic (exact) mass is 383 g/mol. The van der Waals surface area contributed by atoms with E-state index in [1.165, 1.54) is 0 Å². The molecular formula is C21H21NO6. The maximum Gasteiger partial charge on any atom is 0.335 e. The van der Waals surface area contributed by atoms with Crippen LogP contribution in [-0.4, -0.2) is 33.2 Å². The van der Waals surface area contributed by atoms with Crippen molar-refractivity contribution in [2.45, 2.75) is 0 Å². The van der Waals surface area contributed by atoms with Crippen molar-refractivity contribution >= 4 is 17.9 Å². The zero-order chi connectivity index (χ0) is 20.1. The SMILES string of the molecule is N.O=C(O)c1ccccc1.O=C(O)c1ccccc1.O=C(O)c1ccccc1. The molecule has 0 fully saturated rings. The third-order valence-corrected chi connectivity index (χ3v) is 3.06. The molecule has 146 valence electrons. The number of rotatable bonds is 3. The van der Waals surface area contributed by atoms with Gasteiger partial charge in [0.1, 0.15) is 0 Å². The molecule has 3 aromatic carbocycles. The maximum absolute atomic E-state index is 10.2. The molecule has 0 aliphatic carbocycles. The number of carboxylic acids is 3. The Morgan fingerprint density at radius 1 is 0.429 bits per heavy atom. The van der Waals surface area contributed by atoms with Crippen LogP contribution in [0.1, 0.15) is 31.1 Å². The van der Waals surface area contributed by atoms with Crippen LogP contribution in [0, 0.1) is 0 Å². The van der Waals surface area contributed by atoms with Crippen LogP contribution < -0.4 is 6.15 Å². The summed E-state index contributed by atoms with van der Waals surface area (Å²) < 4.78 is 0. The van der Waals surface area contributed by atoms with Gasteiger partial charge >= 0.3 is 17.9 Å². The molecule has 0 amide bonds. The third kappa shape index (κ3) is 9.50. The summed E-state index contributed by atoms with van der Waals surface area (Å²) in [5.41, 5.74) is 0.993. The lowest BCUT2D eigenvalue weighted by atomic mass is 10.2. The number of aromatic carboxylic acids is 3. The summed E-state index contributed by atoms with van der Waals surface area (Å²) in [6.07, 6.45) is 0. The second kappa shape index (κ2) is 13.3. The number of benzene rings is 3. The van der Waals surface area contributed by atoms with E-state index in [-0.39, 0.29) is 6.15 Å². The van der Waals surface area contributed by atoms with E-state index in [9.17, 15) is 14.4 Å². The summed E-state index contributed by atoms with van der Waals surface area (Å²) in [4.78, 5) is 30.6. The number of hydrogen-bond donors (Lipinski definition) is 4. The maximum atomic E-state index is 10.2. The van der Waals surface area contributed by atoms with Gasteiger partial charge in [-0.25, -0.2) is 14.4 Å². The highest BCUT2D eigenvalue weighted by atomic mass is 16.4. The summed E-state index contributed by atoms with van der Waals surface area (Å²) in [7, 11) is 0. The van der Waals surface area contributed by atoms with Crippen molar-refractivity contribution in [1.29, 1.82) is 0 Å². The van der Waals surface area contributed by atoms with Gasteiger partial charge in [0.25, 0.3) is 0 Å². The Hall–Kier alpha value is -3.97. The van der Waals surface area contributed by atoms with E-state index in [1.807, 2.05) is 0 Å². The summed E-state index contributed by atoms with van der Waals surface area (Å²) >= 11 is 0. The lowest BCUT2D eigenvalue weighted by Gasteiger charge is -1.88. The minimum absolute atomic E-state index is 0. The van der Waals surface area contributed by atoms with E-state index >= 15 is 0 Å². The Labute approximate surface area is 162 Å². The van der Waals surface area contributed by atoms with Gasteiger partial charge in [0, 0.05) is 0 Å². The normalized spacial score (nSPS) is 8.57. The van der Waals surface area contributed by atoms with E-state index < -0.39 is 17.9 Å². The number of carbonyl (C=O) groups is 3. The first-order valence-electron chi connectivity index (χ1n) is 7.77. The fourth-order valence-electron chi connectivity index (χ4n) is 1.74. The Balaban J connectivity index is 0.000000384. The molecule has 0 aliphatic heterocycles. The van der Waals surface area contributed by atoms with Gasteiger partial charge in [-0.05, 0) is 36.4 Å². The predicted molar refractivity (Wildman–Crippen MR) is 105 cm³/mol. The second-order valence-electron chi connectivity index (χ2n) is 5.01. The summed E-state index contributed by atoms with van der Waals surface area (Å²) in [6, 6.07) is 24.9. The number of hydrogen-bond acceptors (Lipinski definition) is 4. The van der Waals surface area contributed by atoms with Crippen LogP contribution >= 0.6 is 0 Å². The van der Waals surface area contributed by atoms with Crippen molar-refractivity contribution in [3.63, 3.8) is 0 Å². The second-order valence-corrected chi connectivity index (χ2v) is 5.01. The molecule has 0 aromatic heterocycles. The highest BCUT2D eigenvalue weighted by Gasteiger charge is 1.98. The van der Waals surface area contributed by atoms with Crippen molar-refractivity contribution in [2.75, 3.05) is 0 Å². The van der Waals surface area contributed by atoms with E-state index in [0.29, 0.717) is 16.7 Å². The van der Waals surface area contributed by atoms with Gasteiger partial charge < -0.3 is 21.5 Å². The Bertz CT molecular complexity index is 734. The van der Waals surface area contributed by atoms with Crippen LogP contribution in [0.25, 0.3) is 0 Å². The molecule has 3 aromatic rings.